The highest BCUT2D eigenvalue weighted by Gasteiger charge is 2.21. The summed E-state index contributed by atoms with van der Waals surface area (Å²) < 4.78 is 18.2. The molecule has 0 aliphatic carbocycles. The van der Waals surface area contributed by atoms with Crippen molar-refractivity contribution in [2.75, 3.05) is 39.0 Å². The molecule has 0 spiro atoms. The predicted molar refractivity (Wildman–Crippen MR) is 166 cm³/mol. The number of aryl methyl sites for hydroxylation is 1. The molecule has 0 bridgehead atoms. The molecule has 1 atom stereocenters. The quantitative estimate of drug-likeness (QED) is 0.159. The van der Waals surface area contributed by atoms with Crippen LogP contribution in [0.3, 0.4) is 0 Å². The van der Waals surface area contributed by atoms with Crippen LogP contribution in [0.2, 0.25) is 0 Å². The zero-order valence-electron chi connectivity index (χ0n) is 24.0. The Morgan fingerprint density at radius 1 is 1.12 bits per heavy atom. The summed E-state index contributed by atoms with van der Waals surface area (Å²) >= 11 is 5.99. The van der Waals surface area contributed by atoms with E-state index in [-0.39, 0.29) is 24.2 Å². The number of pyridine rings is 1. The van der Waals surface area contributed by atoms with E-state index in [1.54, 1.807) is 18.1 Å². The highest BCUT2D eigenvalue weighted by atomic mass is 35.5. The minimum Gasteiger partial charge on any atom is -0.479 e. The number of amides is 1. The summed E-state index contributed by atoms with van der Waals surface area (Å²) in [4.78, 5) is 35.9. The fourth-order valence-electron chi connectivity index (χ4n) is 4.86. The molecule has 0 radical (unpaired) electrons. The number of esters is 1. The van der Waals surface area contributed by atoms with Crippen molar-refractivity contribution < 1.29 is 23.8 Å². The smallest absolute Gasteiger partial charge is 0.347 e. The first-order valence-electron chi connectivity index (χ1n) is 13.6. The number of anilines is 1. The summed E-state index contributed by atoms with van der Waals surface area (Å²) in [6.45, 7) is 3.79. The molecule has 2 heterocycles. The lowest BCUT2D eigenvalue weighted by Gasteiger charge is -2.23. The van der Waals surface area contributed by atoms with Crippen LogP contribution in [0, 0.1) is 0 Å². The van der Waals surface area contributed by atoms with Gasteiger partial charge in [0.25, 0.3) is 0 Å². The average Bonchev–Trinajstić information content (AvgIpc) is 3.36. The highest BCUT2D eigenvalue weighted by molar-refractivity contribution is 6.27. The van der Waals surface area contributed by atoms with Gasteiger partial charge >= 0.3 is 5.97 Å². The Balaban J connectivity index is 0.00000484. The lowest BCUT2D eigenvalue weighted by Crippen LogP contribution is -2.33. The number of nitrogens with two attached hydrogens (primary N) is 1. The normalized spacial score (nSPS) is 11.7. The Kier molecular flexibility index (Phi) is 12.2. The van der Waals surface area contributed by atoms with Crippen LogP contribution in [-0.4, -0.2) is 70.7 Å². The number of rotatable bonds is 14. The van der Waals surface area contributed by atoms with Gasteiger partial charge in [-0.2, -0.15) is 0 Å². The van der Waals surface area contributed by atoms with E-state index >= 15 is 0 Å². The van der Waals surface area contributed by atoms with Gasteiger partial charge in [0.1, 0.15) is 23.0 Å². The second-order valence-corrected chi connectivity index (χ2v) is 9.89. The van der Waals surface area contributed by atoms with Crippen LogP contribution in [0.4, 0.5) is 5.82 Å². The van der Waals surface area contributed by atoms with Crippen molar-refractivity contribution in [1.29, 1.82) is 0 Å². The van der Waals surface area contributed by atoms with Crippen molar-refractivity contribution in [3.63, 3.8) is 0 Å². The molecule has 0 aliphatic rings. The minimum absolute atomic E-state index is 0. The van der Waals surface area contributed by atoms with Gasteiger partial charge in [0.2, 0.25) is 5.91 Å². The molecule has 2 N–H and O–H groups in total. The summed E-state index contributed by atoms with van der Waals surface area (Å²) in [5.41, 5.74) is 9.56. The maximum atomic E-state index is 12.8. The molecular formula is C30H37Cl2N5O5. The molecule has 42 heavy (non-hydrogen) atoms. The van der Waals surface area contributed by atoms with Crippen LogP contribution in [0.25, 0.3) is 21.9 Å². The Morgan fingerprint density at radius 3 is 2.62 bits per heavy atom. The Hall–Kier alpha value is -3.60. The number of hydrogen-bond acceptors (Lipinski definition) is 8. The number of para-hydroxylation sites is 1. The van der Waals surface area contributed by atoms with Crippen molar-refractivity contribution in [2.24, 2.45) is 0 Å². The molecule has 226 valence electrons. The number of alkyl halides is 1. The van der Waals surface area contributed by atoms with E-state index < -0.39 is 12.1 Å². The third-order valence-electron chi connectivity index (χ3n) is 6.88. The van der Waals surface area contributed by atoms with Crippen LogP contribution in [-0.2, 0) is 38.6 Å². The fourth-order valence-corrected chi connectivity index (χ4v) is 5.03. The molecule has 1 amide bonds. The molecule has 4 aromatic rings. The first-order valence-corrected chi connectivity index (χ1v) is 14.1. The summed E-state index contributed by atoms with van der Waals surface area (Å²) in [6.07, 6.45) is 1.04. The van der Waals surface area contributed by atoms with Gasteiger partial charge < -0.3 is 29.4 Å². The van der Waals surface area contributed by atoms with Gasteiger partial charge in [-0.05, 0) is 36.6 Å². The number of nitrogens with zero attached hydrogens (tertiary/aromatic N) is 4. The van der Waals surface area contributed by atoms with Crippen LogP contribution in [0.5, 0.6) is 5.75 Å². The van der Waals surface area contributed by atoms with Crippen LogP contribution >= 0.6 is 24.0 Å². The van der Waals surface area contributed by atoms with Gasteiger partial charge in [0.05, 0.1) is 24.8 Å². The van der Waals surface area contributed by atoms with E-state index in [2.05, 4.69) is 9.55 Å². The number of hydrogen-bond donors (Lipinski definition) is 1. The summed E-state index contributed by atoms with van der Waals surface area (Å²) in [5, 5.41) is 0.968. The van der Waals surface area contributed by atoms with E-state index in [1.165, 1.54) is 7.11 Å². The summed E-state index contributed by atoms with van der Waals surface area (Å²) in [7, 11) is 2.99. The SMILES string of the molecule is CCC(Oc1cccc(CN(CCCn2c(CCOC)nc3c(N)nc4ccccc4c32)C(=O)CCl)c1)C(=O)OC.Cl. The van der Waals surface area contributed by atoms with Gasteiger partial charge in [-0.3, -0.25) is 4.79 Å². The number of nitrogen functional groups attached to an aromatic ring is 1. The number of imidazole rings is 1. The zero-order chi connectivity index (χ0) is 29.4. The highest BCUT2D eigenvalue weighted by Crippen LogP contribution is 2.29. The fraction of sp³-hybridized carbons (Fsp3) is 0.400. The van der Waals surface area contributed by atoms with Gasteiger partial charge in [-0.15, -0.1) is 24.0 Å². The summed E-state index contributed by atoms with van der Waals surface area (Å²) in [5.74, 6) is 1.03. The Bertz CT molecular complexity index is 1510. The molecule has 0 fully saturated rings. The molecule has 1 unspecified atom stereocenters. The molecule has 0 saturated carbocycles. The lowest BCUT2D eigenvalue weighted by atomic mass is 10.1. The van der Waals surface area contributed by atoms with Gasteiger partial charge in [-0.1, -0.05) is 37.3 Å². The molecule has 10 nitrogen and oxygen atoms in total. The number of benzene rings is 2. The van der Waals surface area contributed by atoms with Crippen LogP contribution < -0.4 is 10.5 Å². The average molecular weight is 619 g/mol. The largest absolute Gasteiger partial charge is 0.479 e. The number of carbonyl (C=O) groups is 2. The van der Waals surface area contributed by atoms with Crippen LogP contribution in [0.1, 0.15) is 31.2 Å². The number of aromatic nitrogens is 3. The van der Waals surface area contributed by atoms with Gasteiger partial charge in [0, 0.05) is 38.6 Å². The lowest BCUT2D eigenvalue weighted by molar-refractivity contribution is -0.148. The Labute approximate surface area is 256 Å². The molecule has 0 saturated heterocycles. The van der Waals surface area contributed by atoms with Crippen molar-refractivity contribution in [1.82, 2.24) is 19.4 Å². The van der Waals surface area contributed by atoms with Crippen molar-refractivity contribution in [3.8, 4) is 5.75 Å². The standard InChI is InChI=1S/C30H36ClN5O5.ClH/c1-4-24(30(38)40-3)41-21-10-7-9-20(17-21)19-35(26(37)18-31)14-8-15-36-25(13-16-39-2)34-27-28(36)22-11-5-6-12-23(22)33-29(27)32;/h5-7,9-12,17,24H,4,8,13-16,18-19H2,1-3H3,(H2,32,33);1H. The third-order valence-corrected chi connectivity index (χ3v) is 7.11. The van der Waals surface area contributed by atoms with E-state index in [1.807, 2.05) is 49.4 Å². The number of halogens is 2. The number of ether oxygens (including phenoxy) is 3. The van der Waals surface area contributed by atoms with Crippen molar-refractivity contribution in [3.05, 3.63) is 59.9 Å². The predicted octanol–water partition coefficient (Wildman–Crippen LogP) is 4.77. The van der Waals surface area contributed by atoms with Gasteiger partial charge in [0.15, 0.2) is 11.9 Å². The second-order valence-electron chi connectivity index (χ2n) is 9.62. The maximum absolute atomic E-state index is 12.8. The zero-order valence-corrected chi connectivity index (χ0v) is 25.6. The molecule has 2 aromatic carbocycles. The molecule has 12 heteroatoms. The minimum atomic E-state index is -0.701. The first-order chi connectivity index (χ1) is 19.9. The number of methoxy groups -OCH3 is 2. The summed E-state index contributed by atoms with van der Waals surface area (Å²) in [6, 6.07) is 15.2. The number of fused-ring (bicyclic) bond motifs is 3. The maximum Gasteiger partial charge on any atom is 0.347 e. The molecule has 4 rings (SSSR count). The van der Waals surface area contributed by atoms with E-state index in [0.29, 0.717) is 62.6 Å². The second kappa shape index (κ2) is 15.6. The van der Waals surface area contributed by atoms with Crippen molar-refractivity contribution in [2.45, 2.75) is 45.4 Å². The Morgan fingerprint density at radius 2 is 1.90 bits per heavy atom. The monoisotopic (exact) mass is 617 g/mol. The third kappa shape index (κ3) is 7.61. The van der Waals surface area contributed by atoms with Crippen LogP contribution in [0.15, 0.2) is 48.5 Å². The van der Waals surface area contributed by atoms with Crippen molar-refractivity contribution >= 4 is 63.6 Å². The van der Waals surface area contributed by atoms with E-state index in [0.717, 1.165) is 27.8 Å². The van der Waals surface area contributed by atoms with Gasteiger partial charge in [-0.25, -0.2) is 14.8 Å². The molecular weight excluding hydrogens is 581 g/mol. The topological polar surface area (TPSA) is 122 Å². The first kappa shape index (κ1) is 32.9. The molecule has 2 aromatic heterocycles. The van der Waals surface area contributed by atoms with E-state index in [9.17, 15) is 9.59 Å². The molecule has 0 aliphatic heterocycles. The number of carbonyl (C=O) groups excluding carboxylic acids is 2. The van der Waals surface area contributed by atoms with E-state index in [4.69, 9.17) is 36.5 Å².